The lowest BCUT2D eigenvalue weighted by Crippen LogP contribution is -2.11. The molecule has 20 heavy (non-hydrogen) atoms. The van der Waals surface area contributed by atoms with Gasteiger partial charge in [-0.2, -0.15) is 0 Å². The summed E-state index contributed by atoms with van der Waals surface area (Å²) in [6, 6.07) is 12.2. The summed E-state index contributed by atoms with van der Waals surface area (Å²) in [6.07, 6.45) is 1.60. The van der Waals surface area contributed by atoms with Gasteiger partial charge in [0.15, 0.2) is 0 Å². The van der Waals surface area contributed by atoms with Crippen molar-refractivity contribution >= 4 is 5.82 Å². The third-order valence-electron chi connectivity index (χ3n) is 2.94. The summed E-state index contributed by atoms with van der Waals surface area (Å²) in [5.41, 5.74) is 2.24. The van der Waals surface area contributed by atoms with Crippen molar-refractivity contribution in [3.63, 3.8) is 0 Å². The van der Waals surface area contributed by atoms with Crippen molar-refractivity contribution in [3.8, 4) is 0 Å². The molecule has 0 saturated carbocycles. The fraction of sp³-hybridized carbons (Fsp3) is 0.375. The number of ether oxygens (including phenoxy) is 1. The first kappa shape index (κ1) is 14.5. The molecule has 1 aromatic carbocycles. The lowest BCUT2D eigenvalue weighted by atomic mass is 10.1. The van der Waals surface area contributed by atoms with Crippen LogP contribution in [0.5, 0.6) is 0 Å². The molecule has 0 aliphatic rings. The highest BCUT2D eigenvalue weighted by Crippen LogP contribution is 2.13. The van der Waals surface area contributed by atoms with Crippen molar-refractivity contribution < 1.29 is 4.74 Å². The Hall–Kier alpha value is -1.94. The van der Waals surface area contributed by atoms with E-state index >= 15 is 0 Å². The van der Waals surface area contributed by atoms with Crippen LogP contribution in [0, 0.1) is 0 Å². The molecule has 0 unspecified atom stereocenters. The summed E-state index contributed by atoms with van der Waals surface area (Å²) < 4.78 is 5.61. The number of nitrogens with zero attached hydrogens (tertiary/aromatic N) is 2. The summed E-state index contributed by atoms with van der Waals surface area (Å²) in [5, 5.41) is 3.25. The van der Waals surface area contributed by atoms with Crippen LogP contribution in [-0.4, -0.2) is 23.1 Å². The van der Waals surface area contributed by atoms with E-state index in [4.69, 9.17) is 4.74 Å². The number of aromatic nitrogens is 2. The fourth-order valence-electron chi connectivity index (χ4n) is 1.80. The third kappa shape index (κ3) is 4.63. The second-order valence-corrected chi connectivity index (χ2v) is 4.95. The van der Waals surface area contributed by atoms with Gasteiger partial charge in [0, 0.05) is 18.3 Å². The Labute approximate surface area is 120 Å². The maximum Gasteiger partial charge on any atom is 0.129 e. The minimum absolute atomic E-state index is 0.410. The van der Waals surface area contributed by atoms with E-state index in [2.05, 4.69) is 41.3 Å². The van der Waals surface area contributed by atoms with Gasteiger partial charge in [0.05, 0.1) is 13.2 Å². The van der Waals surface area contributed by atoms with Crippen molar-refractivity contribution in [2.75, 3.05) is 18.5 Å². The summed E-state index contributed by atoms with van der Waals surface area (Å²) in [7, 11) is 0. The molecule has 0 amide bonds. The van der Waals surface area contributed by atoms with Gasteiger partial charge in [-0.3, -0.25) is 0 Å². The van der Waals surface area contributed by atoms with Crippen molar-refractivity contribution in [1.29, 1.82) is 0 Å². The molecule has 0 atom stereocenters. The topological polar surface area (TPSA) is 47.0 Å². The molecule has 1 N–H and O–H groups in total. The standard InChI is InChI=1S/C16H21N3O/c1-13(2)15-10-16(19-12-18-15)17-8-9-20-11-14-6-4-3-5-7-14/h3-7,10,12-13H,8-9,11H2,1-2H3,(H,17,18,19). The van der Waals surface area contributed by atoms with Gasteiger partial charge in [-0.25, -0.2) is 9.97 Å². The molecule has 2 aromatic rings. The Morgan fingerprint density at radius 3 is 2.70 bits per heavy atom. The SMILES string of the molecule is CC(C)c1cc(NCCOCc2ccccc2)ncn1. The van der Waals surface area contributed by atoms with Crippen LogP contribution in [0.15, 0.2) is 42.7 Å². The summed E-state index contributed by atoms with van der Waals surface area (Å²) in [4.78, 5) is 8.44. The number of nitrogens with one attached hydrogen (secondary N) is 1. The monoisotopic (exact) mass is 271 g/mol. The van der Waals surface area contributed by atoms with Gasteiger partial charge in [-0.1, -0.05) is 44.2 Å². The minimum atomic E-state index is 0.410. The van der Waals surface area contributed by atoms with Gasteiger partial charge in [0.2, 0.25) is 0 Å². The first-order valence-corrected chi connectivity index (χ1v) is 6.93. The summed E-state index contributed by atoms with van der Waals surface area (Å²) >= 11 is 0. The number of hydrogen-bond donors (Lipinski definition) is 1. The predicted octanol–water partition coefficient (Wildman–Crippen LogP) is 3.23. The van der Waals surface area contributed by atoms with Crippen molar-refractivity contribution in [2.24, 2.45) is 0 Å². The maximum absolute atomic E-state index is 5.61. The number of hydrogen-bond acceptors (Lipinski definition) is 4. The second-order valence-electron chi connectivity index (χ2n) is 4.95. The molecule has 0 radical (unpaired) electrons. The van der Waals surface area contributed by atoms with Gasteiger partial charge < -0.3 is 10.1 Å². The van der Waals surface area contributed by atoms with E-state index in [1.54, 1.807) is 6.33 Å². The van der Waals surface area contributed by atoms with Crippen LogP contribution in [0.1, 0.15) is 31.0 Å². The fourth-order valence-corrected chi connectivity index (χ4v) is 1.80. The molecule has 1 aromatic heterocycles. The van der Waals surface area contributed by atoms with E-state index < -0.39 is 0 Å². The molecule has 0 spiro atoms. The average Bonchev–Trinajstić information content (AvgIpc) is 2.48. The van der Waals surface area contributed by atoms with Crippen LogP contribution in [0.25, 0.3) is 0 Å². The highest BCUT2D eigenvalue weighted by atomic mass is 16.5. The van der Waals surface area contributed by atoms with Crippen LogP contribution >= 0.6 is 0 Å². The average molecular weight is 271 g/mol. The Balaban J connectivity index is 1.69. The quantitative estimate of drug-likeness (QED) is 0.785. The smallest absolute Gasteiger partial charge is 0.129 e. The Morgan fingerprint density at radius 1 is 1.15 bits per heavy atom. The lowest BCUT2D eigenvalue weighted by Gasteiger charge is -2.09. The zero-order valence-electron chi connectivity index (χ0n) is 12.0. The van der Waals surface area contributed by atoms with E-state index in [-0.39, 0.29) is 0 Å². The largest absolute Gasteiger partial charge is 0.375 e. The van der Waals surface area contributed by atoms with Crippen molar-refractivity contribution in [1.82, 2.24) is 9.97 Å². The van der Waals surface area contributed by atoms with Crippen LogP contribution in [0.2, 0.25) is 0 Å². The van der Waals surface area contributed by atoms with Gasteiger partial charge >= 0.3 is 0 Å². The molecule has 0 bridgehead atoms. The second kappa shape index (κ2) is 7.60. The minimum Gasteiger partial charge on any atom is -0.375 e. The zero-order valence-corrected chi connectivity index (χ0v) is 12.0. The van der Waals surface area contributed by atoms with E-state index in [0.717, 1.165) is 18.1 Å². The molecular weight excluding hydrogens is 250 g/mol. The van der Waals surface area contributed by atoms with E-state index in [0.29, 0.717) is 19.1 Å². The number of anilines is 1. The molecule has 0 fully saturated rings. The predicted molar refractivity (Wildman–Crippen MR) is 80.7 cm³/mol. The van der Waals surface area contributed by atoms with Crippen LogP contribution in [-0.2, 0) is 11.3 Å². The molecule has 106 valence electrons. The summed E-state index contributed by atoms with van der Waals surface area (Å²) in [6.45, 7) is 6.27. The van der Waals surface area contributed by atoms with Crippen molar-refractivity contribution in [2.45, 2.75) is 26.4 Å². The molecule has 0 aliphatic heterocycles. The molecule has 1 heterocycles. The van der Waals surface area contributed by atoms with Crippen LogP contribution in [0.3, 0.4) is 0 Å². The molecule has 4 nitrogen and oxygen atoms in total. The Kier molecular flexibility index (Phi) is 5.50. The summed E-state index contributed by atoms with van der Waals surface area (Å²) in [5.74, 6) is 1.26. The molecular formula is C16H21N3O. The van der Waals surface area contributed by atoms with Crippen LogP contribution in [0.4, 0.5) is 5.82 Å². The highest BCUT2D eigenvalue weighted by Gasteiger charge is 2.02. The number of rotatable bonds is 7. The maximum atomic E-state index is 5.61. The highest BCUT2D eigenvalue weighted by molar-refractivity contribution is 5.35. The lowest BCUT2D eigenvalue weighted by molar-refractivity contribution is 0.130. The normalized spacial score (nSPS) is 10.8. The van der Waals surface area contributed by atoms with E-state index in [1.165, 1.54) is 5.56 Å². The number of benzene rings is 1. The molecule has 2 rings (SSSR count). The Morgan fingerprint density at radius 2 is 1.95 bits per heavy atom. The molecule has 0 saturated heterocycles. The molecule has 0 aliphatic carbocycles. The van der Waals surface area contributed by atoms with Crippen LogP contribution < -0.4 is 5.32 Å². The first-order chi connectivity index (χ1) is 9.75. The first-order valence-electron chi connectivity index (χ1n) is 6.93. The van der Waals surface area contributed by atoms with E-state index in [9.17, 15) is 0 Å². The molecule has 4 heteroatoms. The van der Waals surface area contributed by atoms with E-state index in [1.807, 2.05) is 24.3 Å². The van der Waals surface area contributed by atoms with Gasteiger partial charge in [0.1, 0.15) is 12.1 Å². The zero-order chi connectivity index (χ0) is 14.2. The van der Waals surface area contributed by atoms with Crippen molar-refractivity contribution in [3.05, 3.63) is 54.0 Å². The van der Waals surface area contributed by atoms with Gasteiger partial charge in [0.25, 0.3) is 0 Å². The van der Waals surface area contributed by atoms with Gasteiger partial charge in [-0.05, 0) is 11.5 Å². The Bertz CT molecular complexity index is 514. The van der Waals surface area contributed by atoms with Gasteiger partial charge in [-0.15, -0.1) is 0 Å². The third-order valence-corrected chi connectivity index (χ3v) is 2.94.